The quantitative estimate of drug-likeness (QED) is 0.206. The average Bonchev–Trinajstić information content (AvgIpc) is 3.75. The molecule has 2 N–H and O–H groups in total. The van der Waals surface area contributed by atoms with E-state index in [-0.39, 0.29) is 88.5 Å². The highest BCUT2D eigenvalue weighted by molar-refractivity contribution is 7.22. The number of hydrogen-bond acceptors (Lipinski definition) is 10. The highest BCUT2D eigenvalue weighted by Gasteiger charge is 2.49. The number of carbonyl (C=O) groups excluding carboxylic acids is 1. The predicted molar refractivity (Wildman–Crippen MR) is 171 cm³/mol. The Hall–Kier alpha value is -4.15. The molecule has 3 fully saturated rings. The lowest BCUT2D eigenvalue weighted by Crippen LogP contribution is -2.48. The van der Waals surface area contributed by atoms with E-state index in [0.717, 1.165) is 55.5 Å². The predicted octanol–water partition coefficient (Wildman–Crippen LogP) is 5.25. The third-order valence-corrected chi connectivity index (χ3v) is 10.5. The standard InChI is InChI=1S/C32H32F5N7O3S/c1-3-22(45)42-9-11-43(12-10-42)28-19-13-20(32(35,36)37)23(18-5-6-21(33)27-26(18)39-29(38)48-27)24(34)25(19)40-30(41-28)47-16-31-7-4-8-44(31)15-17(14-31)46-2/h3,5-6,13,17H,1,4,7-12,14-16H2,2H3,(H2,38,39)/t17-,31?/m1/s1. The first-order chi connectivity index (χ1) is 22.9. The van der Waals surface area contributed by atoms with Gasteiger partial charge in [-0.2, -0.15) is 23.1 Å². The van der Waals surface area contributed by atoms with Gasteiger partial charge in [0.15, 0.2) is 10.9 Å². The first kappa shape index (κ1) is 32.4. The van der Waals surface area contributed by atoms with E-state index in [1.165, 1.54) is 6.08 Å². The van der Waals surface area contributed by atoms with E-state index < -0.39 is 34.5 Å². The summed E-state index contributed by atoms with van der Waals surface area (Å²) in [6.45, 7) is 6.20. The summed E-state index contributed by atoms with van der Waals surface area (Å²) in [5.74, 6) is -2.26. The number of carbonyl (C=O) groups is 1. The van der Waals surface area contributed by atoms with Gasteiger partial charge in [-0.25, -0.2) is 13.8 Å². The molecule has 2 aromatic heterocycles. The van der Waals surface area contributed by atoms with Crippen molar-refractivity contribution < 1.29 is 36.2 Å². The van der Waals surface area contributed by atoms with Crippen molar-refractivity contribution in [2.45, 2.75) is 37.1 Å². The molecule has 0 spiro atoms. The molecule has 0 radical (unpaired) electrons. The second-order valence-corrected chi connectivity index (χ2v) is 13.3. The van der Waals surface area contributed by atoms with Crippen LogP contribution in [-0.4, -0.2) is 95.3 Å². The van der Waals surface area contributed by atoms with Gasteiger partial charge >= 0.3 is 12.2 Å². The Morgan fingerprint density at radius 3 is 2.62 bits per heavy atom. The maximum Gasteiger partial charge on any atom is 0.417 e. The Balaban J connectivity index is 1.39. The maximum absolute atomic E-state index is 16.9. The van der Waals surface area contributed by atoms with Crippen molar-refractivity contribution in [3.05, 3.63) is 48.1 Å². The lowest BCUT2D eigenvalue weighted by atomic mass is 9.94. The van der Waals surface area contributed by atoms with Crippen LogP contribution >= 0.6 is 11.3 Å². The molecule has 0 aliphatic carbocycles. The summed E-state index contributed by atoms with van der Waals surface area (Å²) in [4.78, 5) is 30.8. The van der Waals surface area contributed by atoms with Gasteiger partial charge in [0.1, 0.15) is 23.8 Å². The van der Waals surface area contributed by atoms with Crippen LogP contribution in [0.5, 0.6) is 6.01 Å². The fourth-order valence-electron chi connectivity index (χ4n) is 7.27. The molecule has 1 unspecified atom stereocenters. The zero-order chi connectivity index (χ0) is 34.0. The Morgan fingerprint density at radius 2 is 1.92 bits per heavy atom. The molecule has 254 valence electrons. The van der Waals surface area contributed by atoms with Crippen LogP contribution in [0.3, 0.4) is 0 Å². The first-order valence-corrected chi connectivity index (χ1v) is 16.3. The van der Waals surface area contributed by atoms with E-state index in [1.807, 2.05) is 0 Å². The Labute approximate surface area is 275 Å². The van der Waals surface area contributed by atoms with E-state index in [4.69, 9.17) is 15.2 Å². The number of fused-ring (bicyclic) bond motifs is 3. The van der Waals surface area contributed by atoms with Gasteiger partial charge in [-0.05, 0) is 50.1 Å². The summed E-state index contributed by atoms with van der Waals surface area (Å²) in [7, 11) is 1.66. The van der Waals surface area contributed by atoms with Crippen LogP contribution in [0.4, 0.5) is 32.9 Å². The molecular weight excluding hydrogens is 657 g/mol. The van der Waals surface area contributed by atoms with Crippen LogP contribution in [0.2, 0.25) is 0 Å². The minimum atomic E-state index is -5.03. The number of halogens is 5. The Bertz CT molecular complexity index is 1930. The molecule has 48 heavy (non-hydrogen) atoms. The smallest absolute Gasteiger partial charge is 0.417 e. The number of anilines is 2. The molecule has 4 aromatic rings. The zero-order valence-corrected chi connectivity index (χ0v) is 26.8. The Morgan fingerprint density at radius 1 is 1.15 bits per heavy atom. The van der Waals surface area contributed by atoms with E-state index in [0.29, 0.717) is 6.42 Å². The minimum absolute atomic E-state index is 0.0182. The number of nitrogens with zero attached hydrogens (tertiary/aromatic N) is 6. The van der Waals surface area contributed by atoms with Crippen LogP contribution < -0.4 is 15.4 Å². The highest BCUT2D eigenvalue weighted by atomic mass is 32.1. The van der Waals surface area contributed by atoms with Crippen molar-refractivity contribution in [3.8, 4) is 17.1 Å². The monoisotopic (exact) mass is 689 g/mol. The number of methoxy groups -OCH3 is 1. The van der Waals surface area contributed by atoms with Gasteiger partial charge in [0.05, 0.1) is 27.4 Å². The number of alkyl halides is 3. The molecule has 2 atom stereocenters. The summed E-state index contributed by atoms with van der Waals surface area (Å²) in [6, 6.07) is 2.64. The summed E-state index contributed by atoms with van der Waals surface area (Å²) >= 11 is 0.754. The second-order valence-electron chi connectivity index (χ2n) is 12.3. The van der Waals surface area contributed by atoms with Crippen LogP contribution in [0, 0.1) is 11.6 Å². The largest absolute Gasteiger partial charge is 0.461 e. The average molecular weight is 690 g/mol. The molecule has 3 aliphatic rings. The van der Waals surface area contributed by atoms with Crippen molar-refractivity contribution in [3.63, 3.8) is 0 Å². The molecule has 3 saturated heterocycles. The van der Waals surface area contributed by atoms with Crippen LogP contribution in [0.1, 0.15) is 24.8 Å². The van der Waals surface area contributed by atoms with Gasteiger partial charge < -0.3 is 25.0 Å². The van der Waals surface area contributed by atoms with Crippen LogP contribution in [-0.2, 0) is 15.7 Å². The molecule has 3 aliphatic heterocycles. The summed E-state index contributed by atoms with van der Waals surface area (Å²) in [5.41, 5.74) is 2.46. The van der Waals surface area contributed by atoms with Crippen LogP contribution in [0.15, 0.2) is 30.9 Å². The molecule has 16 heteroatoms. The number of aromatic nitrogens is 3. The topological polar surface area (TPSA) is 110 Å². The SMILES string of the molecule is C=CC(=O)N1CCN(c2nc(OCC34CCCN3C[C@H](OC)C4)nc3c(F)c(-c4ccc(F)c5sc(N)nc45)c(C(F)(F)F)cc23)CC1. The van der Waals surface area contributed by atoms with Crippen molar-refractivity contribution in [1.82, 2.24) is 24.8 Å². The molecule has 0 bridgehead atoms. The lowest BCUT2D eigenvalue weighted by molar-refractivity contribution is -0.137. The number of ether oxygens (including phenoxy) is 2. The fraction of sp³-hybridized carbons (Fsp3) is 0.438. The minimum Gasteiger partial charge on any atom is -0.461 e. The summed E-state index contributed by atoms with van der Waals surface area (Å²) < 4.78 is 87.7. The number of rotatable bonds is 7. The zero-order valence-electron chi connectivity index (χ0n) is 25.9. The molecule has 7 rings (SSSR count). The summed E-state index contributed by atoms with van der Waals surface area (Å²) in [5, 5.41) is -0.264. The van der Waals surface area contributed by atoms with Gasteiger partial charge in [-0.3, -0.25) is 9.69 Å². The van der Waals surface area contributed by atoms with E-state index >= 15 is 4.39 Å². The number of amides is 1. The molecule has 2 aromatic carbocycles. The molecule has 1 amide bonds. The van der Waals surface area contributed by atoms with Crippen molar-refractivity contribution >= 4 is 49.3 Å². The molecule has 5 heterocycles. The van der Waals surface area contributed by atoms with Gasteiger partial charge in [-0.1, -0.05) is 17.9 Å². The summed E-state index contributed by atoms with van der Waals surface area (Å²) in [6.07, 6.45) is -1.29. The molecule has 10 nitrogen and oxygen atoms in total. The van der Waals surface area contributed by atoms with E-state index in [2.05, 4.69) is 26.4 Å². The van der Waals surface area contributed by atoms with Gasteiger partial charge in [-0.15, -0.1) is 0 Å². The van der Waals surface area contributed by atoms with Gasteiger partial charge in [0, 0.05) is 56.3 Å². The normalized spacial score (nSPS) is 21.8. The number of benzene rings is 2. The number of hydrogen-bond donors (Lipinski definition) is 1. The number of thiazole rings is 1. The van der Waals surface area contributed by atoms with E-state index in [1.54, 1.807) is 16.9 Å². The van der Waals surface area contributed by atoms with E-state index in [9.17, 15) is 22.4 Å². The number of piperazine rings is 1. The molecule has 0 saturated carbocycles. The third-order valence-electron chi connectivity index (χ3n) is 9.62. The van der Waals surface area contributed by atoms with Gasteiger partial charge in [0.25, 0.3) is 0 Å². The van der Waals surface area contributed by atoms with Crippen molar-refractivity contribution in [1.29, 1.82) is 0 Å². The first-order valence-electron chi connectivity index (χ1n) is 15.5. The van der Waals surface area contributed by atoms with Crippen molar-refractivity contribution in [2.24, 2.45) is 0 Å². The maximum atomic E-state index is 16.9. The van der Waals surface area contributed by atoms with Gasteiger partial charge in [0.2, 0.25) is 5.91 Å². The fourth-order valence-corrected chi connectivity index (χ4v) is 8.03. The third kappa shape index (κ3) is 5.48. The lowest BCUT2D eigenvalue weighted by Gasteiger charge is -2.35. The highest BCUT2D eigenvalue weighted by Crippen LogP contribution is 2.46. The van der Waals surface area contributed by atoms with Crippen LogP contribution in [0.25, 0.3) is 32.2 Å². The second kappa shape index (κ2) is 12.1. The Kier molecular flexibility index (Phi) is 8.15. The van der Waals surface area contributed by atoms with Crippen molar-refractivity contribution in [2.75, 3.05) is 63.6 Å². The number of nitrogen functional groups attached to an aromatic ring is 1. The number of nitrogens with two attached hydrogens (primary N) is 1. The molecular formula is C32H32F5N7O3S.